The van der Waals surface area contributed by atoms with Crippen molar-refractivity contribution in [1.82, 2.24) is 5.32 Å². The van der Waals surface area contributed by atoms with E-state index in [1.165, 1.54) is 0 Å². The summed E-state index contributed by atoms with van der Waals surface area (Å²) in [5.41, 5.74) is -0.190. The van der Waals surface area contributed by atoms with Crippen LogP contribution in [0.3, 0.4) is 0 Å². The number of aliphatic hydroxyl groups is 1. The van der Waals surface area contributed by atoms with Crippen LogP contribution in [0.2, 0.25) is 0 Å². The number of aliphatic hydroxyl groups excluding tert-OH is 1. The predicted molar refractivity (Wildman–Crippen MR) is 46.1 cm³/mol. The van der Waals surface area contributed by atoms with Crippen molar-refractivity contribution in [1.29, 1.82) is 0 Å². The van der Waals surface area contributed by atoms with E-state index in [-0.39, 0.29) is 23.8 Å². The first-order valence-electron chi connectivity index (χ1n) is 4.72. The largest absolute Gasteiger partial charge is 0.396 e. The van der Waals surface area contributed by atoms with Crippen molar-refractivity contribution in [2.24, 2.45) is 11.3 Å². The molecule has 0 unspecified atom stereocenters. The number of hydrogen-bond acceptors (Lipinski definition) is 3. The molecule has 1 saturated heterocycles. The maximum atomic E-state index is 11.3. The van der Waals surface area contributed by atoms with Gasteiger partial charge in [-0.2, -0.15) is 0 Å². The van der Waals surface area contributed by atoms with Crippen molar-refractivity contribution >= 4 is 5.91 Å². The highest BCUT2D eigenvalue weighted by molar-refractivity contribution is 5.80. The summed E-state index contributed by atoms with van der Waals surface area (Å²) >= 11 is 0. The highest BCUT2D eigenvalue weighted by Gasteiger charge is 2.39. The molecule has 4 heteroatoms. The summed E-state index contributed by atoms with van der Waals surface area (Å²) in [6, 6.07) is 0. The van der Waals surface area contributed by atoms with Crippen molar-refractivity contribution in [3.05, 3.63) is 0 Å². The lowest BCUT2D eigenvalue weighted by Crippen LogP contribution is -2.53. The summed E-state index contributed by atoms with van der Waals surface area (Å²) in [7, 11) is 0. The molecule has 74 valence electrons. The molecule has 1 saturated carbocycles. The van der Waals surface area contributed by atoms with Gasteiger partial charge in [0, 0.05) is 12.5 Å². The number of carbonyl (C=O) groups is 1. The van der Waals surface area contributed by atoms with Gasteiger partial charge in [0.2, 0.25) is 5.91 Å². The SMILES string of the molecule is O=C(NCC1(CO)COC1)C1CC1. The fraction of sp³-hybridized carbons (Fsp3) is 0.889. The van der Waals surface area contributed by atoms with Gasteiger partial charge in [-0.25, -0.2) is 0 Å². The maximum Gasteiger partial charge on any atom is 0.223 e. The normalized spacial score (nSPS) is 25.0. The van der Waals surface area contributed by atoms with Crippen molar-refractivity contribution in [2.75, 3.05) is 26.4 Å². The third kappa shape index (κ3) is 1.84. The minimum absolute atomic E-state index is 0.0952. The predicted octanol–water partition coefficient (Wildman–Crippen LogP) is -0.479. The zero-order valence-electron chi connectivity index (χ0n) is 7.58. The highest BCUT2D eigenvalue weighted by atomic mass is 16.5. The Morgan fingerprint density at radius 1 is 1.54 bits per heavy atom. The summed E-state index contributed by atoms with van der Waals surface area (Å²) in [6.07, 6.45) is 2.04. The monoisotopic (exact) mass is 185 g/mol. The van der Waals surface area contributed by atoms with Crippen LogP contribution in [0.5, 0.6) is 0 Å². The van der Waals surface area contributed by atoms with Crippen LogP contribution < -0.4 is 5.32 Å². The van der Waals surface area contributed by atoms with E-state index in [9.17, 15) is 4.79 Å². The summed E-state index contributed by atoms with van der Waals surface area (Å²) in [6.45, 7) is 1.78. The zero-order valence-corrected chi connectivity index (χ0v) is 7.58. The van der Waals surface area contributed by atoms with E-state index >= 15 is 0 Å². The Morgan fingerprint density at radius 2 is 2.23 bits per heavy atom. The molecule has 2 aliphatic rings. The molecule has 0 bridgehead atoms. The van der Waals surface area contributed by atoms with Gasteiger partial charge < -0.3 is 15.2 Å². The van der Waals surface area contributed by atoms with E-state index in [1.807, 2.05) is 0 Å². The molecule has 0 aromatic rings. The van der Waals surface area contributed by atoms with Crippen molar-refractivity contribution in [3.63, 3.8) is 0 Å². The fourth-order valence-corrected chi connectivity index (χ4v) is 1.40. The molecule has 13 heavy (non-hydrogen) atoms. The van der Waals surface area contributed by atoms with E-state index in [1.54, 1.807) is 0 Å². The van der Waals surface area contributed by atoms with Gasteiger partial charge in [-0.1, -0.05) is 0 Å². The summed E-state index contributed by atoms with van der Waals surface area (Å²) in [5.74, 6) is 0.386. The molecule has 0 atom stereocenters. The quantitative estimate of drug-likeness (QED) is 0.622. The highest BCUT2D eigenvalue weighted by Crippen LogP contribution is 2.30. The number of carbonyl (C=O) groups excluding carboxylic acids is 1. The summed E-state index contributed by atoms with van der Waals surface area (Å²) in [5, 5.41) is 11.9. The Morgan fingerprint density at radius 3 is 2.62 bits per heavy atom. The van der Waals surface area contributed by atoms with E-state index in [0.29, 0.717) is 19.8 Å². The Bertz CT molecular complexity index is 203. The number of nitrogens with one attached hydrogen (secondary N) is 1. The average molecular weight is 185 g/mol. The smallest absolute Gasteiger partial charge is 0.223 e. The Labute approximate surface area is 77.3 Å². The molecule has 1 aliphatic carbocycles. The standard InChI is InChI=1S/C9H15NO3/c11-4-9(5-13-6-9)3-10-8(12)7-1-2-7/h7,11H,1-6H2,(H,10,12). The molecule has 2 N–H and O–H groups in total. The van der Waals surface area contributed by atoms with Crippen LogP contribution in [0.1, 0.15) is 12.8 Å². The molecule has 1 amide bonds. The molecule has 4 nitrogen and oxygen atoms in total. The lowest BCUT2D eigenvalue weighted by Gasteiger charge is -2.39. The fourth-order valence-electron chi connectivity index (χ4n) is 1.40. The molecular weight excluding hydrogens is 170 g/mol. The number of amides is 1. The second-order valence-corrected chi connectivity index (χ2v) is 4.14. The lowest BCUT2D eigenvalue weighted by atomic mass is 9.87. The van der Waals surface area contributed by atoms with Gasteiger partial charge in [0.15, 0.2) is 0 Å². The van der Waals surface area contributed by atoms with Crippen molar-refractivity contribution < 1.29 is 14.6 Å². The zero-order chi connectivity index (χ0) is 9.31. The first kappa shape index (κ1) is 8.97. The van der Waals surface area contributed by atoms with Gasteiger partial charge in [-0.3, -0.25) is 4.79 Å². The van der Waals surface area contributed by atoms with E-state index in [4.69, 9.17) is 9.84 Å². The van der Waals surface area contributed by atoms with Crippen LogP contribution >= 0.6 is 0 Å². The lowest BCUT2D eigenvalue weighted by molar-refractivity contribution is -0.141. The minimum Gasteiger partial charge on any atom is -0.396 e. The second-order valence-electron chi connectivity index (χ2n) is 4.14. The molecule has 2 fully saturated rings. The molecule has 2 rings (SSSR count). The Balaban J connectivity index is 1.73. The van der Waals surface area contributed by atoms with Gasteiger partial charge in [0.05, 0.1) is 25.2 Å². The molecule has 0 radical (unpaired) electrons. The number of ether oxygens (including phenoxy) is 1. The molecule has 0 aromatic heterocycles. The van der Waals surface area contributed by atoms with E-state index in [0.717, 1.165) is 12.8 Å². The third-order valence-corrected chi connectivity index (χ3v) is 2.74. The molecule has 0 spiro atoms. The minimum atomic E-state index is -0.190. The molecular formula is C9H15NO3. The maximum absolute atomic E-state index is 11.3. The Kier molecular flexibility index (Phi) is 2.26. The molecule has 1 heterocycles. The van der Waals surface area contributed by atoms with Gasteiger partial charge >= 0.3 is 0 Å². The van der Waals surface area contributed by atoms with Gasteiger partial charge in [0.25, 0.3) is 0 Å². The van der Waals surface area contributed by atoms with E-state index < -0.39 is 0 Å². The first-order chi connectivity index (χ1) is 6.26. The summed E-state index contributed by atoms with van der Waals surface area (Å²) in [4.78, 5) is 11.3. The second kappa shape index (κ2) is 3.27. The van der Waals surface area contributed by atoms with Gasteiger partial charge in [0.1, 0.15) is 0 Å². The Hall–Kier alpha value is -0.610. The van der Waals surface area contributed by atoms with Gasteiger partial charge in [-0.05, 0) is 12.8 Å². The topological polar surface area (TPSA) is 58.6 Å². The number of rotatable bonds is 4. The van der Waals surface area contributed by atoms with Crippen LogP contribution in [-0.4, -0.2) is 37.4 Å². The van der Waals surface area contributed by atoms with Crippen LogP contribution in [-0.2, 0) is 9.53 Å². The van der Waals surface area contributed by atoms with Crippen molar-refractivity contribution in [3.8, 4) is 0 Å². The third-order valence-electron chi connectivity index (χ3n) is 2.74. The van der Waals surface area contributed by atoms with Crippen molar-refractivity contribution in [2.45, 2.75) is 12.8 Å². The van der Waals surface area contributed by atoms with Crippen LogP contribution in [0.15, 0.2) is 0 Å². The average Bonchev–Trinajstić information content (AvgIpc) is 2.85. The molecule has 1 aliphatic heterocycles. The van der Waals surface area contributed by atoms with Crippen LogP contribution in [0.25, 0.3) is 0 Å². The van der Waals surface area contributed by atoms with Crippen LogP contribution in [0.4, 0.5) is 0 Å². The van der Waals surface area contributed by atoms with Crippen LogP contribution in [0, 0.1) is 11.3 Å². The number of hydrogen-bond donors (Lipinski definition) is 2. The van der Waals surface area contributed by atoms with Gasteiger partial charge in [-0.15, -0.1) is 0 Å². The molecule has 0 aromatic carbocycles. The first-order valence-corrected chi connectivity index (χ1v) is 4.72. The summed E-state index contributed by atoms with van der Waals surface area (Å²) < 4.78 is 5.03. The van der Waals surface area contributed by atoms with E-state index in [2.05, 4.69) is 5.32 Å².